The van der Waals surface area contributed by atoms with Gasteiger partial charge in [-0.2, -0.15) is 0 Å². The zero-order valence-corrected chi connectivity index (χ0v) is 32.5. The summed E-state index contributed by atoms with van der Waals surface area (Å²) in [4.78, 5) is 12.4. The minimum atomic E-state index is -1.43. The van der Waals surface area contributed by atoms with Crippen molar-refractivity contribution < 1.29 is 15.3 Å². The van der Waals surface area contributed by atoms with Gasteiger partial charge >= 0.3 is 0 Å². The van der Waals surface area contributed by atoms with Gasteiger partial charge in [-0.25, -0.2) is 4.98 Å². The van der Waals surface area contributed by atoms with E-state index in [9.17, 15) is 15.3 Å². The van der Waals surface area contributed by atoms with E-state index < -0.39 is 23.3 Å². The number of aliphatic hydroxyl groups is 3. The second-order valence-electron chi connectivity index (χ2n) is 19.2. The maximum Gasteiger partial charge on any atom is 0.189 e. The van der Waals surface area contributed by atoms with Gasteiger partial charge in [0.15, 0.2) is 5.96 Å². The molecule has 6 saturated carbocycles. The van der Waals surface area contributed by atoms with Crippen LogP contribution in [0.2, 0.25) is 0 Å². The summed E-state index contributed by atoms with van der Waals surface area (Å²) in [5.41, 5.74) is 7.46. The Kier molecular flexibility index (Phi) is 8.62. The third-order valence-electron chi connectivity index (χ3n) is 16.7. The fourth-order valence-corrected chi connectivity index (χ4v) is 14.6. The average Bonchev–Trinajstić information content (AvgIpc) is 3.97. The Balaban J connectivity index is 1.17. The van der Waals surface area contributed by atoms with Crippen molar-refractivity contribution in [2.75, 3.05) is 7.05 Å². The number of hydrogen-bond acceptors (Lipinski definition) is 5. The van der Waals surface area contributed by atoms with Crippen LogP contribution in [0.4, 0.5) is 0 Å². The lowest BCUT2D eigenvalue weighted by molar-refractivity contribution is -0.142. The van der Waals surface area contributed by atoms with E-state index >= 15 is 0 Å². The molecule has 8 aliphatic rings. The molecule has 0 aliphatic heterocycles. The molecule has 0 amide bonds. The van der Waals surface area contributed by atoms with Gasteiger partial charge in [0.1, 0.15) is 0 Å². The Morgan fingerprint density at radius 1 is 1.02 bits per heavy atom. The molecule has 1 aromatic carbocycles. The summed E-state index contributed by atoms with van der Waals surface area (Å²) in [6.07, 6.45) is 21.9. The van der Waals surface area contributed by atoms with Gasteiger partial charge in [-0.1, -0.05) is 61.0 Å². The lowest BCUT2D eigenvalue weighted by Crippen LogP contribution is -2.56. The molecular weight excluding hydrogens is 685 g/mol. The highest BCUT2D eigenvalue weighted by atomic mass is 16.3. The van der Waals surface area contributed by atoms with Crippen LogP contribution in [0.3, 0.4) is 0 Å². The zero-order valence-electron chi connectivity index (χ0n) is 32.5. The molecule has 8 aliphatic carbocycles. The minimum absolute atomic E-state index is 0.00813. The van der Waals surface area contributed by atoms with Gasteiger partial charge in [-0.3, -0.25) is 4.99 Å². The van der Waals surface area contributed by atoms with E-state index in [-0.39, 0.29) is 52.8 Å². The topological polar surface area (TPSA) is 145 Å². The molecule has 0 radical (unpaired) electrons. The number of aliphatic imine (C=N–C) groups is 1. The Hall–Kier alpha value is -3.58. The van der Waals surface area contributed by atoms with Crippen molar-refractivity contribution in [1.82, 2.24) is 19.9 Å². The fourth-order valence-electron chi connectivity index (χ4n) is 14.6. The normalized spacial score (nSPS) is 42.5. The van der Waals surface area contributed by atoms with Crippen molar-refractivity contribution >= 4 is 16.9 Å². The number of aromatic amines is 1. The van der Waals surface area contributed by atoms with Crippen LogP contribution in [0.1, 0.15) is 95.6 Å². The molecule has 6 fully saturated rings. The van der Waals surface area contributed by atoms with Crippen LogP contribution < -0.4 is 11.1 Å². The summed E-state index contributed by atoms with van der Waals surface area (Å²) in [6.45, 7) is 0.976. The number of nitrogens with one attached hydrogen (secondary N) is 2. The summed E-state index contributed by atoms with van der Waals surface area (Å²) in [6, 6.07) is 10.4. The van der Waals surface area contributed by atoms with E-state index in [4.69, 9.17) is 5.73 Å². The molecular formula is C46H60N6O3. The molecule has 12 atom stereocenters. The number of benzene rings is 1. The summed E-state index contributed by atoms with van der Waals surface area (Å²) in [5.74, 6) is 8.46. The highest BCUT2D eigenvalue weighted by molar-refractivity contribution is 5.80. The molecule has 2 spiro atoms. The van der Waals surface area contributed by atoms with Gasteiger partial charge in [0.25, 0.3) is 0 Å². The Labute approximate surface area is 325 Å². The summed E-state index contributed by atoms with van der Waals surface area (Å²) < 4.78 is 2.24. The van der Waals surface area contributed by atoms with Crippen LogP contribution in [-0.4, -0.2) is 66.2 Å². The Morgan fingerprint density at radius 2 is 1.87 bits per heavy atom. The molecule has 9 nitrogen and oxygen atoms in total. The third-order valence-corrected chi connectivity index (χ3v) is 16.7. The van der Waals surface area contributed by atoms with Crippen molar-refractivity contribution in [2.45, 2.75) is 126 Å². The number of H-pyrrole nitrogens is 1. The predicted octanol–water partition coefficient (Wildman–Crippen LogP) is 6.11. The largest absolute Gasteiger partial charge is 0.390 e. The van der Waals surface area contributed by atoms with Gasteiger partial charge in [0, 0.05) is 61.4 Å². The number of para-hydroxylation sites is 1. The minimum Gasteiger partial charge on any atom is -0.390 e. The van der Waals surface area contributed by atoms with Gasteiger partial charge in [0.05, 0.1) is 29.7 Å². The van der Waals surface area contributed by atoms with Gasteiger partial charge in [-0.15, -0.1) is 0 Å². The molecule has 11 rings (SSSR count). The standard InChI is InChI=1S/C46H60N6O3/c1-48-42(47)51-35-13-11-32-23-43(16-15-29(22-43)27-52-18-17-49-28-52)24-34(20-36-19-30-7-5-6-10-39(30)50-36)44(32)25-33-12-14-37(44)41-38(21-40(53)45(41,54)26-35)46(33,55)31-8-3-2-4-9-31/h5-7,10,17-19,24,28-29,31-33,35,37-38,40-41,50,53-55H,2-4,8-9,12,14-16,20-23,25-27H2,1H3,(H3,47,48,51). The van der Waals surface area contributed by atoms with E-state index in [1.165, 1.54) is 29.5 Å². The number of rotatable bonds is 6. The first-order chi connectivity index (χ1) is 26.6. The molecule has 12 unspecified atom stereocenters. The van der Waals surface area contributed by atoms with Crippen LogP contribution in [-0.2, 0) is 13.0 Å². The first-order valence-electron chi connectivity index (χ1n) is 21.5. The van der Waals surface area contributed by atoms with Crippen LogP contribution in [0.25, 0.3) is 10.9 Å². The molecule has 2 heterocycles. The first-order valence-corrected chi connectivity index (χ1v) is 21.5. The second kappa shape index (κ2) is 13.2. The van der Waals surface area contributed by atoms with E-state index in [0.29, 0.717) is 18.3 Å². The van der Waals surface area contributed by atoms with Gasteiger partial charge in [-0.05, 0) is 123 Å². The molecule has 9 heteroatoms. The average molecular weight is 745 g/mol. The van der Waals surface area contributed by atoms with Crippen molar-refractivity contribution in [3.63, 3.8) is 0 Å². The lowest BCUT2D eigenvalue weighted by Gasteiger charge is -2.58. The Morgan fingerprint density at radius 3 is 2.67 bits per heavy atom. The number of nitrogens with two attached hydrogens (primary N) is 1. The number of hydrogen-bond donors (Lipinski definition) is 6. The molecule has 4 bridgehead atoms. The van der Waals surface area contributed by atoms with Crippen LogP contribution >= 0.6 is 0 Å². The highest BCUT2D eigenvalue weighted by Crippen LogP contribution is 2.73. The monoisotopic (exact) mass is 744 g/mol. The van der Waals surface area contributed by atoms with Crippen molar-refractivity contribution in [3.8, 4) is 11.8 Å². The first kappa shape index (κ1) is 35.8. The fraction of sp³-hybridized carbons (Fsp3) is 0.652. The smallest absolute Gasteiger partial charge is 0.189 e. The molecule has 0 saturated heterocycles. The number of guanidine groups is 1. The summed E-state index contributed by atoms with van der Waals surface area (Å²) in [5, 5.41) is 43.8. The molecule has 55 heavy (non-hydrogen) atoms. The maximum absolute atomic E-state index is 13.7. The van der Waals surface area contributed by atoms with Crippen molar-refractivity contribution in [2.24, 2.45) is 63.0 Å². The Bertz CT molecular complexity index is 2010. The van der Waals surface area contributed by atoms with E-state index in [1.807, 2.05) is 12.5 Å². The zero-order chi connectivity index (χ0) is 37.6. The number of aliphatic hydroxyl groups excluding tert-OH is 1. The third kappa shape index (κ3) is 5.59. The van der Waals surface area contributed by atoms with Crippen LogP contribution in [0, 0.1) is 64.1 Å². The predicted molar refractivity (Wildman–Crippen MR) is 214 cm³/mol. The van der Waals surface area contributed by atoms with Gasteiger partial charge in [0.2, 0.25) is 0 Å². The second-order valence-corrected chi connectivity index (χ2v) is 19.2. The summed E-state index contributed by atoms with van der Waals surface area (Å²) >= 11 is 0. The van der Waals surface area contributed by atoms with Crippen molar-refractivity contribution in [3.05, 3.63) is 66.4 Å². The quantitative estimate of drug-likeness (QED) is 0.0779. The summed E-state index contributed by atoms with van der Waals surface area (Å²) in [7, 11) is 1.67. The van der Waals surface area contributed by atoms with Crippen LogP contribution in [0.5, 0.6) is 0 Å². The van der Waals surface area contributed by atoms with E-state index in [1.54, 1.807) is 7.05 Å². The SMILES string of the molecule is CN=C(N)NC1C#CC2CC3(C=C(Cc4cc5ccccc5[nH]4)C24CC2CCC4C4C(CC(O)C4(O)C1)C2(O)C1CCCCC1)CCC(Cn1ccnc1)C3. The van der Waals surface area contributed by atoms with Gasteiger partial charge < -0.3 is 35.9 Å². The molecule has 3 aromatic rings. The van der Waals surface area contributed by atoms with E-state index in [0.717, 1.165) is 82.7 Å². The van der Waals surface area contributed by atoms with Crippen molar-refractivity contribution in [1.29, 1.82) is 0 Å². The number of imidazole rings is 1. The molecule has 292 valence electrons. The number of fused-ring (bicyclic) bond motifs is 2. The molecule has 2 aromatic heterocycles. The number of aromatic nitrogens is 3. The van der Waals surface area contributed by atoms with E-state index in [2.05, 4.69) is 79.3 Å². The number of nitrogens with zero attached hydrogens (tertiary/aromatic N) is 3. The van der Waals surface area contributed by atoms with Crippen LogP contribution in [0.15, 0.2) is 65.7 Å². The maximum atomic E-state index is 13.7. The lowest BCUT2D eigenvalue weighted by atomic mass is 9.46. The molecule has 7 N–H and O–H groups in total. The highest BCUT2D eigenvalue weighted by Gasteiger charge is 2.73. The number of allylic oxidation sites excluding steroid dienone is 2.